The van der Waals surface area contributed by atoms with Crippen molar-refractivity contribution in [1.29, 1.82) is 0 Å². The molecule has 0 aliphatic heterocycles. The minimum atomic E-state index is -5.14. The van der Waals surface area contributed by atoms with Gasteiger partial charge >= 0.3 is 7.82 Å². The monoisotopic (exact) mass is 789 g/mol. The van der Waals surface area contributed by atoms with Crippen LogP contribution in [-0.2, 0) is 18.4 Å². The van der Waals surface area contributed by atoms with E-state index >= 15 is 0 Å². The lowest BCUT2D eigenvalue weighted by Gasteiger charge is -2.41. The fourth-order valence-corrected chi connectivity index (χ4v) is 7.06. The predicted octanol–water partition coefficient (Wildman–Crippen LogP) is 5.19. The number of carbonyl (C=O) groups is 1. The average molecular weight is 790 g/mol. The molecule has 0 heterocycles. The number of allylic oxidation sites excluding steroid dienone is 7. The Labute approximate surface area is 323 Å². The number of amides is 1. The Balaban J connectivity index is 2.60. The van der Waals surface area contributed by atoms with Crippen LogP contribution >= 0.6 is 7.82 Å². The van der Waals surface area contributed by atoms with Crippen LogP contribution in [-0.4, -0.2) is 108 Å². The van der Waals surface area contributed by atoms with Crippen LogP contribution in [0, 0.1) is 0 Å². The van der Waals surface area contributed by atoms with E-state index < -0.39 is 75.2 Å². The molecule has 1 aliphatic carbocycles. The van der Waals surface area contributed by atoms with Gasteiger partial charge in [0.05, 0.1) is 31.3 Å². The summed E-state index contributed by atoms with van der Waals surface area (Å²) in [5.74, 6) is -0.618. The van der Waals surface area contributed by atoms with Gasteiger partial charge in [-0.15, -0.1) is 0 Å². The highest BCUT2D eigenvalue weighted by Gasteiger charge is 2.51. The highest BCUT2D eigenvalue weighted by atomic mass is 31.2. The molecule has 0 bridgehead atoms. The summed E-state index contributed by atoms with van der Waals surface area (Å²) in [7, 11) is -5.14. The molecular weight excluding hydrogens is 717 g/mol. The van der Waals surface area contributed by atoms with Crippen molar-refractivity contribution < 1.29 is 59.0 Å². The largest absolute Gasteiger partial charge is 0.472 e. The Hall–Kier alpha value is -1.74. The van der Waals surface area contributed by atoms with E-state index in [0.717, 1.165) is 57.8 Å². The summed E-state index contributed by atoms with van der Waals surface area (Å²) in [4.78, 5) is 23.3. The Morgan fingerprint density at radius 1 is 0.685 bits per heavy atom. The van der Waals surface area contributed by atoms with E-state index in [1.807, 2.05) is 19.1 Å². The fourth-order valence-electron chi connectivity index (χ4n) is 6.10. The van der Waals surface area contributed by atoms with Gasteiger partial charge in [-0.25, -0.2) is 4.57 Å². The maximum atomic E-state index is 12.9. The van der Waals surface area contributed by atoms with Crippen LogP contribution in [0.25, 0.3) is 0 Å². The van der Waals surface area contributed by atoms with E-state index in [4.69, 9.17) is 9.05 Å². The standard InChI is InChI=1S/C40H72NO12P/c1-3-5-7-9-11-13-14-15-16-17-18-20-21-23-25-27-31(42)29-34(44)41-32(33(43)28-26-24-22-19-12-10-8-6-4-2)30-52-54(50,51)53-40-38(48)36(46)35(45)37(47)39(40)49/h4,6,12,15-16,19,26,28,31-33,35-40,42-43,45-49H,3,5,7-11,13-14,17-18,20-25,27,29-30H2,1-2H3,(H,41,44)(H,50,51)/b6-4+,16-15-,19-12+,28-26+. The third kappa shape index (κ3) is 22.7. The summed E-state index contributed by atoms with van der Waals surface area (Å²) in [5.41, 5.74) is 0. The average Bonchev–Trinajstić information content (AvgIpc) is 3.14. The van der Waals surface area contributed by atoms with Crippen LogP contribution in [0.15, 0.2) is 48.6 Å². The summed E-state index contributed by atoms with van der Waals surface area (Å²) in [6.45, 7) is 3.43. The quantitative estimate of drug-likeness (QED) is 0.0251. The number of aliphatic hydroxyl groups is 7. The Bertz CT molecular complexity index is 1120. The molecule has 1 rings (SSSR count). The van der Waals surface area contributed by atoms with Gasteiger partial charge in [-0.1, -0.05) is 113 Å². The summed E-state index contributed by atoms with van der Waals surface area (Å²) in [6.07, 6.45) is 19.7. The minimum absolute atomic E-state index is 0.264. The van der Waals surface area contributed by atoms with Crippen LogP contribution < -0.4 is 5.32 Å². The summed E-state index contributed by atoms with van der Waals surface area (Å²) < 4.78 is 22.7. The van der Waals surface area contributed by atoms with Gasteiger partial charge in [0.1, 0.15) is 36.6 Å². The first-order valence-corrected chi connectivity index (χ1v) is 21.6. The molecule has 0 saturated heterocycles. The number of unbranched alkanes of at least 4 members (excludes halogenated alkanes) is 13. The zero-order valence-corrected chi connectivity index (χ0v) is 33.5. The lowest BCUT2D eigenvalue weighted by atomic mass is 9.85. The van der Waals surface area contributed by atoms with Crippen molar-refractivity contribution in [3.05, 3.63) is 48.6 Å². The SMILES string of the molecule is C/C=C/CC/C=C/CC/C=C/C(O)C(COP(=O)(O)OC1C(O)C(O)C(O)C(O)C1O)NC(=O)CC(O)CCCCCCC/C=C\CCCCCCCC. The Morgan fingerprint density at radius 3 is 1.74 bits per heavy atom. The molecule has 9 N–H and O–H groups in total. The molecule has 0 spiro atoms. The minimum Gasteiger partial charge on any atom is -0.393 e. The number of nitrogens with one attached hydrogen (secondary N) is 1. The molecule has 1 saturated carbocycles. The molecule has 0 aromatic rings. The van der Waals surface area contributed by atoms with Crippen molar-refractivity contribution in [3.63, 3.8) is 0 Å². The van der Waals surface area contributed by atoms with Crippen molar-refractivity contribution in [2.75, 3.05) is 6.61 Å². The maximum absolute atomic E-state index is 12.9. The van der Waals surface area contributed by atoms with Crippen molar-refractivity contribution in [3.8, 4) is 0 Å². The number of phosphoric ester groups is 1. The summed E-state index contributed by atoms with van der Waals surface area (Å²) in [5, 5.41) is 74.0. The van der Waals surface area contributed by atoms with Crippen LogP contribution in [0.3, 0.4) is 0 Å². The first-order chi connectivity index (χ1) is 25.8. The Morgan fingerprint density at radius 2 is 1.17 bits per heavy atom. The maximum Gasteiger partial charge on any atom is 0.472 e. The molecular formula is C40H72NO12P. The number of hydrogen-bond acceptors (Lipinski definition) is 11. The fraction of sp³-hybridized carbons (Fsp3) is 0.775. The number of aliphatic hydroxyl groups excluding tert-OH is 7. The molecule has 1 amide bonds. The van der Waals surface area contributed by atoms with Gasteiger partial charge in [0, 0.05) is 0 Å². The summed E-state index contributed by atoms with van der Waals surface area (Å²) in [6, 6.07) is -1.26. The first-order valence-electron chi connectivity index (χ1n) is 20.1. The molecule has 8 unspecified atom stereocenters. The zero-order valence-electron chi connectivity index (χ0n) is 32.6. The number of hydrogen-bond donors (Lipinski definition) is 9. The molecule has 13 nitrogen and oxygen atoms in total. The Kier molecular flexibility index (Phi) is 28.3. The summed E-state index contributed by atoms with van der Waals surface area (Å²) >= 11 is 0. The molecule has 1 fully saturated rings. The van der Waals surface area contributed by atoms with Crippen LogP contribution in [0.5, 0.6) is 0 Å². The van der Waals surface area contributed by atoms with E-state index in [1.165, 1.54) is 44.6 Å². The lowest BCUT2D eigenvalue weighted by molar-refractivity contribution is -0.220. The molecule has 14 heteroatoms. The van der Waals surface area contributed by atoms with Crippen molar-refractivity contribution in [2.45, 2.75) is 191 Å². The van der Waals surface area contributed by atoms with Crippen LogP contribution in [0.1, 0.15) is 136 Å². The molecule has 0 radical (unpaired) electrons. The number of carbonyl (C=O) groups excluding carboxylic acids is 1. The molecule has 1 aliphatic rings. The second-order valence-electron chi connectivity index (χ2n) is 14.3. The van der Waals surface area contributed by atoms with E-state index in [-0.39, 0.29) is 6.42 Å². The molecule has 8 atom stereocenters. The smallest absolute Gasteiger partial charge is 0.393 e. The van der Waals surface area contributed by atoms with Gasteiger partial charge in [0.25, 0.3) is 0 Å². The first kappa shape index (κ1) is 50.3. The number of phosphoric acid groups is 1. The lowest BCUT2D eigenvalue weighted by Crippen LogP contribution is -2.64. The van der Waals surface area contributed by atoms with Crippen LogP contribution in [0.2, 0.25) is 0 Å². The molecule has 0 aromatic heterocycles. The highest BCUT2D eigenvalue weighted by molar-refractivity contribution is 7.47. The molecule has 54 heavy (non-hydrogen) atoms. The topological polar surface area (TPSA) is 226 Å². The van der Waals surface area contributed by atoms with E-state index in [1.54, 1.807) is 6.08 Å². The second-order valence-corrected chi connectivity index (χ2v) is 15.7. The highest BCUT2D eigenvalue weighted by Crippen LogP contribution is 2.47. The van der Waals surface area contributed by atoms with Crippen LogP contribution in [0.4, 0.5) is 0 Å². The molecule has 0 aromatic carbocycles. The van der Waals surface area contributed by atoms with Gasteiger partial charge in [-0.3, -0.25) is 13.8 Å². The van der Waals surface area contributed by atoms with Crippen molar-refractivity contribution in [2.24, 2.45) is 0 Å². The van der Waals surface area contributed by atoms with Crippen molar-refractivity contribution >= 4 is 13.7 Å². The van der Waals surface area contributed by atoms with Gasteiger partial charge in [-0.05, 0) is 64.7 Å². The molecule has 314 valence electrons. The van der Waals surface area contributed by atoms with Gasteiger partial charge in [0.15, 0.2) is 0 Å². The van der Waals surface area contributed by atoms with Gasteiger partial charge in [-0.2, -0.15) is 0 Å². The van der Waals surface area contributed by atoms with E-state index in [2.05, 4.69) is 36.5 Å². The third-order valence-electron chi connectivity index (χ3n) is 9.46. The van der Waals surface area contributed by atoms with E-state index in [9.17, 15) is 50.0 Å². The zero-order chi connectivity index (χ0) is 40.2. The van der Waals surface area contributed by atoms with Crippen molar-refractivity contribution in [1.82, 2.24) is 5.32 Å². The third-order valence-corrected chi connectivity index (χ3v) is 10.4. The normalized spacial score (nSPS) is 25.1. The van der Waals surface area contributed by atoms with Gasteiger partial charge in [0.2, 0.25) is 5.91 Å². The van der Waals surface area contributed by atoms with Gasteiger partial charge < -0.3 is 46.0 Å². The van der Waals surface area contributed by atoms with E-state index in [0.29, 0.717) is 19.3 Å². The predicted molar refractivity (Wildman–Crippen MR) is 210 cm³/mol. The number of rotatable bonds is 31. The second kappa shape index (κ2) is 30.4.